The van der Waals surface area contributed by atoms with Crippen molar-refractivity contribution >= 4 is 58.2 Å². The SMILES string of the molecule is Clc1ccc([C@H]2COC(CC3=N[C@@H](c4ccc(Cl)c(Cl)c4)CO3)=N2)cc1Cl. The van der Waals surface area contributed by atoms with Gasteiger partial charge in [0.15, 0.2) is 11.8 Å². The third-order valence-electron chi connectivity index (χ3n) is 4.37. The van der Waals surface area contributed by atoms with Crippen molar-refractivity contribution in [2.24, 2.45) is 9.98 Å². The fraction of sp³-hybridized carbons (Fsp3) is 0.263. The molecule has 0 bridgehead atoms. The van der Waals surface area contributed by atoms with E-state index in [1.807, 2.05) is 24.3 Å². The average Bonchev–Trinajstić information content (AvgIpc) is 3.30. The average molecular weight is 444 g/mol. The van der Waals surface area contributed by atoms with E-state index in [0.717, 1.165) is 11.1 Å². The molecule has 140 valence electrons. The van der Waals surface area contributed by atoms with Gasteiger partial charge in [0.25, 0.3) is 0 Å². The van der Waals surface area contributed by atoms with Gasteiger partial charge in [0.1, 0.15) is 25.3 Å². The minimum Gasteiger partial charge on any atom is -0.478 e. The standard InChI is InChI=1S/C19H14Cl4N2O2/c20-12-3-1-10(5-14(12)22)16-8-26-18(24-16)7-19-25-17(9-27-19)11-2-4-13(21)15(23)6-11/h1-6,16-17H,7-9H2/t16-,17-/m1/s1. The van der Waals surface area contributed by atoms with E-state index in [1.54, 1.807) is 12.1 Å². The van der Waals surface area contributed by atoms with Gasteiger partial charge in [-0.15, -0.1) is 0 Å². The first kappa shape index (κ1) is 18.9. The molecule has 0 fully saturated rings. The van der Waals surface area contributed by atoms with Crippen LogP contribution in [0.4, 0.5) is 0 Å². The molecule has 4 nitrogen and oxygen atoms in total. The normalized spacial score (nSPS) is 21.5. The summed E-state index contributed by atoms with van der Waals surface area (Å²) in [6, 6.07) is 10.7. The van der Waals surface area contributed by atoms with Gasteiger partial charge in [-0.05, 0) is 35.4 Å². The summed E-state index contributed by atoms with van der Waals surface area (Å²) < 4.78 is 11.4. The van der Waals surface area contributed by atoms with Crippen molar-refractivity contribution in [2.45, 2.75) is 18.5 Å². The maximum Gasteiger partial charge on any atom is 0.193 e. The first-order valence-electron chi connectivity index (χ1n) is 8.28. The van der Waals surface area contributed by atoms with E-state index in [0.29, 0.717) is 51.5 Å². The predicted octanol–water partition coefficient (Wildman–Crippen LogP) is 6.33. The van der Waals surface area contributed by atoms with Crippen LogP contribution in [0, 0.1) is 0 Å². The van der Waals surface area contributed by atoms with E-state index in [-0.39, 0.29) is 12.1 Å². The van der Waals surface area contributed by atoms with Crippen LogP contribution in [0.5, 0.6) is 0 Å². The van der Waals surface area contributed by atoms with E-state index in [4.69, 9.17) is 55.9 Å². The third-order valence-corrected chi connectivity index (χ3v) is 5.85. The number of nitrogens with zero attached hydrogens (tertiary/aromatic N) is 2. The molecule has 0 unspecified atom stereocenters. The summed E-state index contributed by atoms with van der Waals surface area (Å²) in [5, 5.41) is 2.05. The van der Waals surface area contributed by atoms with Gasteiger partial charge in [0.05, 0.1) is 26.5 Å². The highest BCUT2D eigenvalue weighted by molar-refractivity contribution is 6.42. The molecule has 0 spiro atoms. The lowest BCUT2D eigenvalue weighted by molar-refractivity contribution is 0.300. The predicted molar refractivity (Wildman–Crippen MR) is 110 cm³/mol. The highest BCUT2D eigenvalue weighted by Crippen LogP contribution is 2.32. The summed E-state index contributed by atoms with van der Waals surface area (Å²) in [7, 11) is 0. The zero-order chi connectivity index (χ0) is 19.0. The first-order valence-corrected chi connectivity index (χ1v) is 9.79. The summed E-state index contributed by atoms with van der Waals surface area (Å²) in [5.41, 5.74) is 1.92. The van der Waals surface area contributed by atoms with Crippen LogP contribution in [-0.4, -0.2) is 25.0 Å². The van der Waals surface area contributed by atoms with Gasteiger partial charge >= 0.3 is 0 Å². The maximum absolute atomic E-state index is 6.08. The third kappa shape index (κ3) is 4.19. The Balaban J connectivity index is 1.44. The molecule has 0 saturated heterocycles. The van der Waals surface area contributed by atoms with Crippen molar-refractivity contribution in [1.29, 1.82) is 0 Å². The second kappa shape index (κ2) is 7.88. The summed E-state index contributed by atoms with van der Waals surface area (Å²) in [4.78, 5) is 9.22. The molecule has 0 radical (unpaired) electrons. The highest BCUT2D eigenvalue weighted by Gasteiger charge is 2.26. The monoisotopic (exact) mass is 442 g/mol. The van der Waals surface area contributed by atoms with E-state index >= 15 is 0 Å². The summed E-state index contributed by atoms with van der Waals surface area (Å²) in [5.74, 6) is 1.19. The van der Waals surface area contributed by atoms with Crippen LogP contribution in [0.15, 0.2) is 46.4 Å². The molecule has 8 heteroatoms. The molecule has 0 N–H and O–H groups in total. The second-order valence-corrected chi connectivity index (χ2v) is 7.85. The van der Waals surface area contributed by atoms with Gasteiger partial charge < -0.3 is 9.47 Å². The largest absolute Gasteiger partial charge is 0.478 e. The summed E-state index contributed by atoms with van der Waals surface area (Å²) in [6.45, 7) is 0.910. The lowest BCUT2D eigenvalue weighted by Gasteiger charge is -2.06. The molecule has 2 heterocycles. The highest BCUT2D eigenvalue weighted by atomic mass is 35.5. The lowest BCUT2D eigenvalue weighted by atomic mass is 10.1. The molecule has 2 aromatic carbocycles. The van der Waals surface area contributed by atoms with Crippen LogP contribution in [0.25, 0.3) is 0 Å². The van der Waals surface area contributed by atoms with E-state index in [9.17, 15) is 0 Å². The van der Waals surface area contributed by atoms with Crippen LogP contribution in [0.1, 0.15) is 29.6 Å². The first-order chi connectivity index (χ1) is 13.0. The second-order valence-electron chi connectivity index (χ2n) is 6.22. The Morgan fingerprint density at radius 1 is 0.704 bits per heavy atom. The summed E-state index contributed by atoms with van der Waals surface area (Å²) in [6.07, 6.45) is 0.412. The van der Waals surface area contributed by atoms with Crippen molar-refractivity contribution in [3.8, 4) is 0 Å². The van der Waals surface area contributed by atoms with Crippen molar-refractivity contribution in [3.63, 3.8) is 0 Å². The van der Waals surface area contributed by atoms with Crippen LogP contribution in [-0.2, 0) is 9.47 Å². The van der Waals surface area contributed by atoms with Gasteiger partial charge in [-0.25, -0.2) is 9.98 Å². The Morgan fingerprint density at radius 2 is 1.15 bits per heavy atom. The van der Waals surface area contributed by atoms with Crippen LogP contribution >= 0.6 is 46.4 Å². The van der Waals surface area contributed by atoms with Gasteiger partial charge in [-0.1, -0.05) is 58.5 Å². The maximum atomic E-state index is 6.08. The Labute approximate surface area is 176 Å². The Kier molecular flexibility index (Phi) is 5.51. The molecule has 2 aliphatic rings. The van der Waals surface area contributed by atoms with Gasteiger partial charge in [-0.3, -0.25) is 0 Å². The smallest absolute Gasteiger partial charge is 0.193 e. The molecular weight excluding hydrogens is 430 g/mol. The molecule has 0 amide bonds. The fourth-order valence-corrected chi connectivity index (χ4v) is 3.56. The Bertz CT molecular complexity index is 870. The zero-order valence-corrected chi connectivity index (χ0v) is 17.0. The van der Waals surface area contributed by atoms with Gasteiger partial charge in [0.2, 0.25) is 0 Å². The molecule has 2 aliphatic heterocycles. The molecule has 4 rings (SSSR count). The number of rotatable bonds is 4. The van der Waals surface area contributed by atoms with Crippen molar-refractivity contribution in [3.05, 3.63) is 67.6 Å². The number of benzene rings is 2. The molecule has 2 aromatic rings. The van der Waals surface area contributed by atoms with E-state index < -0.39 is 0 Å². The number of ether oxygens (including phenoxy) is 2. The fourth-order valence-electron chi connectivity index (χ4n) is 2.95. The van der Waals surface area contributed by atoms with E-state index in [2.05, 4.69) is 9.98 Å². The van der Waals surface area contributed by atoms with Crippen LogP contribution < -0.4 is 0 Å². The van der Waals surface area contributed by atoms with Gasteiger partial charge in [0, 0.05) is 0 Å². The van der Waals surface area contributed by atoms with Crippen molar-refractivity contribution in [2.75, 3.05) is 13.2 Å². The number of hydrogen-bond acceptors (Lipinski definition) is 4. The molecule has 2 atom stereocenters. The minimum atomic E-state index is -0.109. The van der Waals surface area contributed by atoms with Crippen LogP contribution in [0.2, 0.25) is 20.1 Å². The molecule has 27 heavy (non-hydrogen) atoms. The number of hydrogen-bond donors (Lipinski definition) is 0. The Morgan fingerprint density at radius 3 is 1.56 bits per heavy atom. The Hall–Kier alpha value is -1.46. The molecule has 0 aliphatic carbocycles. The molecule has 0 saturated carbocycles. The van der Waals surface area contributed by atoms with Gasteiger partial charge in [-0.2, -0.15) is 0 Å². The van der Waals surface area contributed by atoms with E-state index in [1.165, 1.54) is 0 Å². The zero-order valence-electron chi connectivity index (χ0n) is 14.0. The van der Waals surface area contributed by atoms with Crippen molar-refractivity contribution < 1.29 is 9.47 Å². The lowest BCUT2D eigenvalue weighted by Crippen LogP contribution is -2.08. The summed E-state index contributed by atoms with van der Waals surface area (Å²) >= 11 is 24.1. The van der Waals surface area contributed by atoms with Crippen molar-refractivity contribution in [1.82, 2.24) is 0 Å². The number of aliphatic imine (C=N–C) groups is 2. The quantitative estimate of drug-likeness (QED) is 0.553. The molecular formula is C19H14Cl4N2O2. The minimum absolute atomic E-state index is 0.109. The van der Waals surface area contributed by atoms with Crippen LogP contribution in [0.3, 0.4) is 0 Å². The topological polar surface area (TPSA) is 43.2 Å². The number of halogens is 4. The molecule has 0 aromatic heterocycles.